The third-order valence-corrected chi connectivity index (χ3v) is 9.75. The Bertz CT molecular complexity index is 1120. The van der Waals surface area contributed by atoms with Crippen molar-refractivity contribution in [2.24, 2.45) is 5.73 Å². The van der Waals surface area contributed by atoms with Crippen molar-refractivity contribution in [3.63, 3.8) is 0 Å². The molecule has 1 aliphatic carbocycles. The first-order valence-corrected chi connectivity index (χ1v) is 14.0. The van der Waals surface area contributed by atoms with Gasteiger partial charge in [-0.1, -0.05) is 36.9 Å². The van der Waals surface area contributed by atoms with Gasteiger partial charge in [0.25, 0.3) is 0 Å². The van der Waals surface area contributed by atoms with Crippen LogP contribution in [-0.4, -0.2) is 28.0 Å². The second-order valence-corrected chi connectivity index (χ2v) is 11.8. The molecule has 1 aliphatic heterocycles. The first-order chi connectivity index (χ1) is 15.0. The molecule has 0 spiro atoms. The maximum Gasteiger partial charge on any atom is 0.219 e. The fraction of sp³-hybridized carbons (Fsp3) is 0.429. The SMILES string of the molecule is CCSc1sc(CC)cc1C1C(C#N)=C(N)N(c2nnc(SC)s2)C2=C1C(=O)CCC2. The number of rotatable bonds is 6. The van der Waals surface area contributed by atoms with Gasteiger partial charge >= 0.3 is 0 Å². The summed E-state index contributed by atoms with van der Waals surface area (Å²) in [6, 6.07) is 4.51. The molecular weight excluding hydrogens is 467 g/mol. The molecule has 3 heterocycles. The van der Waals surface area contributed by atoms with Gasteiger partial charge in [-0.2, -0.15) is 5.26 Å². The molecule has 10 heteroatoms. The quantitative estimate of drug-likeness (QED) is 0.546. The molecule has 31 heavy (non-hydrogen) atoms. The molecule has 2 aliphatic rings. The van der Waals surface area contributed by atoms with Crippen LogP contribution in [0, 0.1) is 11.3 Å². The van der Waals surface area contributed by atoms with Crippen molar-refractivity contribution < 1.29 is 4.79 Å². The zero-order valence-corrected chi connectivity index (χ0v) is 20.9. The standard InChI is InChI=1S/C21H23N5OS4/c1-4-11-9-12(19(30-11)29-5-2)16-13(10-22)18(23)26(20-24-25-21(28-3)31-20)14-7-6-8-15(27)17(14)16/h9,16H,4-8,23H2,1-3H3. The minimum Gasteiger partial charge on any atom is -0.384 e. The largest absolute Gasteiger partial charge is 0.384 e. The number of carbonyl (C=O) groups is 1. The van der Waals surface area contributed by atoms with Crippen LogP contribution in [0.1, 0.15) is 49.5 Å². The number of ketones is 1. The highest BCUT2D eigenvalue weighted by Crippen LogP contribution is 2.50. The van der Waals surface area contributed by atoms with Gasteiger partial charge in [-0.15, -0.1) is 33.3 Å². The lowest BCUT2D eigenvalue weighted by Gasteiger charge is -2.38. The number of hydrogen-bond donors (Lipinski definition) is 1. The van der Waals surface area contributed by atoms with Crippen LogP contribution >= 0.6 is 46.2 Å². The monoisotopic (exact) mass is 489 g/mol. The molecule has 0 radical (unpaired) electrons. The molecule has 0 saturated carbocycles. The molecule has 2 aromatic heterocycles. The van der Waals surface area contributed by atoms with E-state index in [0.717, 1.165) is 40.6 Å². The molecule has 4 rings (SSSR count). The Morgan fingerprint density at radius 3 is 2.77 bits per heavy atom. The summed E-state index contributed by atoms with van der Waals surface area (Å²) in [5, 5.41) is 19.3. The van der Waals surface area contributed by atoms with Gasteiger partial charge in [0.1, 0.15) is 5.82 Å². The lowest BCUT2D eigenvalue weighted by molar-refractivity contribution is -0.116. The Labute approximate surface area is 198 Å². The highest BCUT2D eigenvalue weighted by atomic mass is 32.2. The Hall–Kier alpha value is -1.80. The third kappa shape index (κ3) is 3.93. The summed E-state index contributed by atoms with van der Waals surface area (Å²) >= 11 is 6.46. The first-order valence-electron chi connectivity index (χ1n) is 10.1. The molecular formula is C21H23N5OS4. The number of thiophene rings is 1. The molecule has 2 N–H and O–H groups in total. The maximum atomic E-state index is 13.3. The van der Waals surface area contributed by atoms with Crippen LogP contribution in [0.4, 0.5) is 5.13 Å². The molecule has 6 nitrogen and oxygen atoms in total. The summed E-state index contributed by atoms with van der Waals surface area (Å²) in [6.45, 7) is 4.25. The van der Waals surface area contributed by atoms with Crippen molar-refractivity contribution in [3.8, 4) is 6.07 Å². The zero-order chi connectivity index (χ0) is 22.1. The summed E-state index contributed by atoms with van der Waals surface area (Å²) in [7, 11) is 0. The van der Waals surface area contributed by atoms with Crippen molar-refractivity contribution in [2.45, 2.75) is 54.0 Å². The Balaban J connectivity index is 1.95. The number of carbonyl (C=O) groups excluding carboxylic acids is 1. The average Bonchev–Trinajstić information content (AvgIpc) is 3.40. The zero-order valence-electron chi connectivity index (χ0n) is 17.6. The van der Waals surface area contributed by atoms with Gasteiger partial charge in [0.05, 0.1) is 21.8 Å². The minimum absolute atomic E-state index is 0.0998. The first kappa shape index (κ1) is 22.4. The molecule has 0 amide bonds. The fourth-order valence-corrected chi connectivity index (χ4v) is 7.73. The normalized spacial score (nSPS) is 19.1. The van der Waals surface area contributed by atoms with Crippen LogP contribution in [0.25, 0.3) is 0 Å². The lowest BCUT2D eigenvalue weighted by Crippen LogP contribution is -2.38. The van der Waals surface area contributed by atoms with Crippen LogP contribution < -0.4 is 10.6 Å². The summed E-state index contributed by atoms with van der Waals surface area (Å²) in [5.74, 6) is 0.977. The van der Waals surface area contributed by atoms with E-state index in [1.807, 2.05) is 6.26 Å². The summed E-state index contributed by atoms with van der Waals surface area (Å²) in [5.41, 5.74) is 9.67. The number of nitrogens with two attached hydrogens (primary N) is 1. The predicted octanol–water partition coefficient (Wildman–Crippen LogP) is 5.30. The molecule has 0 aromatic carbocycles. The van der Waals surface area contributed by atoms with E-state index in [0.29, 0.717) is 28.5 Å². The molecule has 1 unspecified atom stereocenters. The van der Waals surface area contributed by atoms with E-state index in [9.17, 15) is 10.1 Å². The lowest BCUT2D eigenvalue weighted by atomic mass is 9.76. The van der Waals surface area contributed by atoms with Gasteiger partial charge < -0.3 is 5.73 Å². The van der Waals surface area contributed by atoms with Gasteiger partial charge in [0.2, 0.25) is 5.13 Å². The van der Waals surface area contributed by atoms with Crippen LogP contribution in [0.5, 0.6) is 0 Å². The number of thioether (sulfide) groups is 2. The van der Waals surface area contributed by atoms with Crippen molar-refractivity contribution in [3.05, 3.63) is 39.2 Å². The van der Waals surface area contributed by atoms with Gasteiger partial charge in [0.15, 0.2) is 10.1 Å². The van der Waals surface area contributed by atoms with E-state index >= 15 is 0 Å². The van der Waals surface area contributed by atoms with Crippen molar-refractivity contribution >= 4 is 57.1 Å². The van der Waals surface area contributed by atoms with Crippen LogP contribution in [0.3, 0.4) is 0 Å². The minimum atomic E-state index is -0.414. The number of aromatic nitrogens is 2. The van der Waals surface area contributed by atoms with E-state index in [4.69, 9.17) is 5.73 Å². The number of aryl methyl sites for hydroxylation is 1. The number of anilines is 1. The molecule has 0 bridgehead atoms. The molecule has 0 saturated heterocycles. The van der Waals surface area contributed by atoms with Crippen molar-refractivity contribution in [2.75, 3.05) is 16.9 Å². The summed E-state index contributed by atoms with van der Waals surface area (Å²) in [4.78, 5) is 16.3. The Morgan fingerprint density at radius 2 is 2.13 bits per heavy atom. The third-order valence-electron chi connectivity index (χ3n) is 5.39. The molecule has 0 fully saturated rings. The van der Waals surface area contributed by atoms with E-state index < -0.39 is 5.92 Å². The van der Waals surface area contributed by atoms with E-state index in [2.05, 4.69) is 36.2 Å². The van der Waals surface area contributed by atoms with Crippen LogP contribution in [0.2, 0.25) is 0 Å². The smallest absolute Gasteiger partial charge is 0.219 e. The van der Waals surface area contributed by atoms with Gasteiger partial charge in [0, 0.05) is 22.6 Å². The highest BCUT2D eigenvalue weighted by molar-refractivity contribution is 8.01. The van der Waals surface area contributed by atoms with E-state index in [1.165, 1.54) is 32.2 Å². The molecule has 2 aromatic rings. The predicted molar refractivity (Wildman–Crippen MR) is 130 cm³/mol. The topological polar surface area (TPSA) is 95.9 Å². The van der Waals surface area contributed by atoms with Crippen LogP contribution in [-0.2, 0) is 11.2 Å². The fourth-order valence-electron chi connectivity index (χ4n) is 4.05. The van der Waals surface area contributed by atoms with Gasteiger partial charge in [-0.05, 0) is 42.9 Å². The summed E-state index contributed by atoms with van der Waals surface area (Å²) in [6.07, 6.45) is 4.86. The van der Waals surface area contributed by atoms with Gasteiger partial charge in [-0.25, -0.2) is 0 Å². The number of nitrogens with zero attached hydrogens (tertiary/aromatic N) is 4. The Morgan fingerprint density at radius 1 is 1.32 bits per heavy atom. The highest BCUT2D eigenvalue weighted by Gasteiger charge is 2.42. The maximum absolute atomic E-state index is 13.3. The second kappa shape index (κ2) is 9.36. The molecule has 162 valence electrons. The summed E-state index contributed by atoms with van der Waals surface area (Å²) < 4.78 is 1.99. The van der Waals surface area contributed by atoms with Gasteiger partial charge in [-0.3, -0.25) is 9.69 Å². The Kier molecular flexibility index (Phi) is 6.77. The second-order valence-electron chi connectivity index (χ2n) is 7.11. The van der Waals surface area contributed by atoms with Crippen molar-refractivity contribution in [1.82, 2.24) is 10.2 Å². The number of Topliss-reactive ketones (excluding diaryl/α,β-unsaturated/α-hetero) is 1. The number of allylic oxidation sites excluding steroid dienone is 3. The number of nitriles is 1. The van der Waals surface area contributed by atoms with E-state index in [1.54, 1.807) is 28.0 Å². The van der Waals surface area contributed by atoms with Crippen molar-refractivity contribution in [1.29, 1.82) is 5.26 Å². The van der Waals surface area contributed by atoms with E-state index in [-0.39, 0.29) is 5.78 Å². The number of hydrogen-bond acceptors (Lipinski definition) is 10. The average molecular weight is 490 g/mol. The molecule has 1 atom stereocenters. The van der Waals surface area contributed by atoms with Crippen LogP contribution in [0.15, 0.2) is 37.3 Å².